The summed E-state index contributed by atoms with van der Waals surface area (Å²) in [6, 6.07) is 8.39. The number of nitrogens with zero attached hydrogens (tertiary/aromatic N) is 4. The predicted molar refractivity (Wildman–Crippen MR) is 89.6 cm³/mol. The number of hydrogen-bond acceptors (Lipinski definition) is 6. The van der Waals surface area contributed by atoms with Crippen LogP contribution in [0.5, 0.6) is 11.5 Å². The Morgan fingerprint density at radius 2 is 1.77 bits per heavy atom. The van der Waals surface area contributed by atoms with Crippen LogP contribution in [0.4, 0.5) is 20.4 Å². The molecule has 130 valence electrons. The Bertz CT molecular complexity index is 1110. The van der Waals surface area contributed by atoms with Crippen LogP contribution < -0.4 is 5.32 Å². The number of hydrogen-bond donors (Lipinski definition) is 3. The first kappa shape index (κ1) is 15.8. The molecular formula is C17H11F2N5O2. The summed E-state index contributed by atoms with van der Waals surface area (Å²) in [6.07, 6.45) is 2.98. The van der Waals surface area contributed by atoms with Crippen molar-refractivity contribution in [2.75, 3.05) is 5.32 Å². The first-order valence-electron chi connectivity index (χ1n) is 7.46. The number of anilines is 2. The molecule has 0 fully saturated rings. The summed E-state index contributed by atoms with van der Waals surface area (Å²) < 4.78 is 28.6. The minimum atomic E-state index is -1.10. The van der Waals surface area contributed by atoms with Crippen molar-refractivity contribution in [2.45, 2.75) is 0 Å². The smallest absolute Gasteiger partial charge is 0.229 e. The summed E-state index contributed by atoms with van der Waals surface area (Å²) in [7, 11) is 0. The molecule has 0 atom stereocenters. The summed E-state index contributed by atoms with van der Waals surface area (Å²) in [4.78, 5) is 12.5. The molecule has 7 nitrogen and oxygen atoms in total. The van der Waals surface area contributed by atoms with Gasteiger partial charge in [0.2, 0.25) is 5.95 Å². The van der Waals surface area contributed by atoms with Crippen LogP contribution in [0.25, 0.3) is 16.9 Å². The predicted octanol–water partition coefficient (Wildman–Crippen LogP) is 3.25. The number of fused-ring (bicyclic) bond motifs is 1. The van der Waals surface area contributed by atoms with Crippen LogP contribution in [0.3, 0.4) is 0 Å². The van der Waals surface area contributed by atoms with Gasteiger partial charge < -0.3 is 15.5 Å². The van der Waals surface area contributed by atoms with Crippen molar-refractivity contribution in [3.05, 3.63) is 60.6 Å². The molecule has 0 saturated heterocycles. The number of benzene rings is 2. The molecule has 9 heteroatoms. The van der Waals surface area contributed by atoms with Gasteiger partial charge in [-0.1, -0.05) is 6.07 Å². The van der Waals surface area contributed by atoms with Gasteiger partial charge in [0.05, 0.1) is 11.9 Å². The molecule has 0 amide bonds. The Morgan fingerprint density at radius 3 is 2.50 bits per heavy atom. The minimum Gasteiger partial charge on any atom is -0.508 e. The monoisotopic (exact) mass is 355 g/mol. The van der Waals surface area contributed by atoms with Gasteiger partial charge in [0.1, 0.15) is 17.6 Å². The molecule has 4 rings (SSSR count). The van der Waals surface area contributed by atoms with Crippen molar-refractivity contribution >= 4 is 22.8 Å². The maximum atomic E-state index is 13.5. The molecule has 26 heavy (non-hydrogen) atoms. The Balaban J connectivity index is 1.75. The van der Waals surface area contributed by atoms with Gasteiger partial charge >= 0.3 is 0 Å². The summed E-state index contributed by atoms with van der Waals surface area (Å²) in [5, 5.41) is 21.5. The molecule has 0 radical (unpaired) electrons. The summed E-state index contributed by atoms with van der Waals surface area (Å²) in [5.41, 5.74) is 1.62. The van der Waals surface area contributed by atoms with Crippen molar-refractivity contribution in [3.63, 3.8) is 0 Å². The van der Waals surface area contributed by atoms with E-state index in [1.165, 1.54) is 12.5 Å². The van der Waals surface area contributed by atoms with Gasteiger partial charge in [-0.2, -0.15) is 4.98 Å². The second-order valence-electron chi connectivity index (χ2n) is 5.45. The zero-order chi connectivity index (χ0) is 18.3. The average Bonchev–Trinajstić information content (AvgIpc) is 3.03. The topological polar surface area (TPSA) is 96.1 Å². The molecule has 3 N–H and O–H groups in total. The molecule has 0 unspecified atom stereocenters. The van der Waals surface area contributed by atoms with Gasteiger partial charge in [-0.25, -0.2) is 18.7 Å². The lowest BCUT2D eigenvalue weighted by molar-refractivity contribution is 0.396. The molecule has 4 aromatic rings. The summed E-state index contributed by atoms with van der Waals surface area (Å²) in [6.45, 7) is 0. The number of rotatable bonds is 3. The van der Waals surface area contributed by atoms with E-state index in [-0.39, 0.29) is 17.4 Å². The lowest BCUT2D eigenvalue weighted by atomic mass is 10.3. The van der Waals surface area contributed by atoms with Crippen LogP contribution in [0.15, 0.2) is 48.9 Å². The fourth-order valence-corrected chi connectivity index (χ4v) is 2.47. The fraction of sp³-hybridized carbons (Fsp3) is 0. The van der Waals surface area contributed by atoms with Crippen molar-refractivity contribution in [1.29, 1.82) is 0 Å². The second kappa shape index (κ2) is 5.96. The maximum Gasteiger partial charge on any atom is 0.229 e. The maximum absolute atomic E-state index is 13.5. The Labute approximate surface area is 145 Å². The van der Waals surface area contributed by atoms with Crippen LogP contribution in [-0.4, -0.2) is 29.7 Å². The van der Waals surface area contributed by atoms with Gasteiger partial charge in [0.25, 0.3) is 0 Å². The number of aromatic hydroxyl groups is 2. The third-order valence-electron chi connectivity index (χ3n) is 3.67. The van der Waals surface area contributed by atoms with Crippen LogP contribution in [0, 0.1) is 11.6 Å². The van der Waals surface area contributed by atoms with E-state index >= 15 is 0 Å². The largest absolute Gasteiger partial charge is 0.508 e. The Hall–Kier alpha value is -3.75. The van der Waals surface area contributed by atoms with E-state index in [1.54, 1.807) is 28.8 Å². The molecule has 0 aliphatic rings. The third-order valence-corrected chi connectivity index (χ3v) is 3.67. The van der Waals surface area contributed by atoms with E-state index in [2.05, 4.69) is 20.3 Å². The Kier molecular flexibility index (Phi) is 3.61. The highest BCUT2D eigenvalue weighted by Gasteiger charge is 2.12. The van der Waals surface area contributed by atoms with E-state index in [1.807, 2.05) is 0 Å². The lowest BCUT2D eigenvalue weighted by Gasteiger charge is -2.08. The van der Waals surface area contributed by atoms with Crippen molar-refractivity contribution in [2.24, 2.45) is 0 Å². The first-order valence-corrected chi connectivity index (χ1v) is 7.46. The summed E-state index contributed by atoms with van der Waals surface area (Å²) >= 11 is 0. The van der Waals surface area contributed by atoms with Crippen molar-refractivity contribution in [1.82, 2.24) is 19.5 Å². The Morgan fingerprint density at radius 1 is 1.00 bits per heavy atom. The van der Waals surface area contributed by atoms with Gasteiger partial charge in [0, 0.05) is 23.9 Å². The van der Waals surface area contributed by atoms with Crippen LogP contribution in [0.2, 0.25) is 0 Å². The molecule has 2 aromatic heterocycles. The van der Waals surface area contributed by atoms with E-state index in [0.717, 1.165) is 12.1 Å². The lowest BCUT2D eigenvalue weighted by Crippen LogP contribution is -2.00. The number of imidazole rings is 1. The zero-order valence-electron chi connectivity index (χ0n) is 13.1. The molecule has 0 aliphatic carbocycles. The van der Waals surface area contributed by atoms with Crippen molar-refractivity contribution in [3.8, 4) is 17.2 Å². The number of halogens is 2. The number of aromatic nitrogens is 4. The van der Waals surface area contributed by atoms with Gasteiger partial charge in [-0.3, -0.25) is 4.57 Å². The van der Waals surface area contributed by atoms with Crippen molar-refractivity contribution < 1.29 is 19.0 Å². The van der Waals surface area contributed by atoms with Crippen LogP contribution in [0.1, 0.15) is 0 Å². The quantitative estimate of drug-likeness (QED) is 0.488. The van der Waals surface area contributed by atoms with E-state index < -0.39 is 17.4 Å². The van der Waals surface area contributed by atoms with Crippen LogP contribution in [-0.2, 0) is 0 Å². The SMILES string of the molecule is Oc1cccc(-n2cnc3cnc(Nc4cc(F)c(O)c(F)c4)nc32)c1. The van der Waals surface area contributed by atoms with E-state index in [0.29, 0.717) is 16.9 Å². The van der Waals surface area contributed by atoms with Crippen LogP contribution >= 0.6 is 0 Å². The zero-order valence-corrected chi connectivity index (χ0v) is 13.1. The van der Waals surface area contributed by atoms with Gasteiger partial charge in [-0.05, 0) is 12.1 Å². The van der Waals surface area contributed by atoms with Gasteiger partial charge in [0.15, 0.2) is 23.0 Å². The third kappa shape index (κ3) is 2.75. The normalized spacial score (nSPS) is 11.0. The average molecular weight is 355 g/mol. The first-order chi connectivity index (χ1) is 12.5. The van der Waals surface area contributed by atoms with Gasteiger partial charge in [-0.15, -0.1) is 0 Å². The minimum absolute atomic E-state index is 0.0422. The fourth-order valence-electron chi connectivity index (χ4n) is 2.47. The molecule has 0 aliphatic heterocycles. The number of phenols is 2. The second-order valence-corrected chi connectivity index (χ2v) is 5.45. The molecule has 0 spiro atoms. The van der Waals surface area contributed by atoms with E-state index in [4.69, 9.17) is 5.11 Å². The highest BCUT2D eigenvalue weighted by atomic mass is 19.1. The molecule has 0 bridgehead atoms. The standard InChI is InChI=1S/C17H11F2N5O2/c18-12-4-9(5-13(19)15(12)26)22-17-20-7-14-16(23-17)24(8-21-14)10-2-1-3-11(25)6-10/h1-8,25-26H,(H,20,22,23). The molecule has 2 heterocycles. The highest BCUT2D eigenvalue weighted by molar-refractivity contribution is 5.74. The molecule has 0 saturated carbocycles. The number of nitrogens with one attached hydrogen (secondary N) is 1. The summed E-state index contributed by atoms with van der Waals surface area (Å²) in [5.74, 6) is -3.07. The highest BCUT2D eigenvalue weighted by Crippen LogP contribution is 2.26. The van der Waals surface area contributed by atoms with E-state index in [9.17, 15) is 13.9 Å². The number of phenolic OH excluding ortho intramolecular Hbond substituents is 2. The molecule has 2 aromatic carbocycles. The molecular weight excluding hydrogens is 344 g/mol.